The van der Waals surface area contributed by atoms with E-state index >= 15 is 0 Å². The molecule has 0 unspecified atom stereocenters. The lowest BCUT2D eigenvalue weighted by atomic mass is 10.1. The molecule has 2 aliphatic rings. The predicted octanol–water partition coefficient (Wildman–Crippen LogP) is 1.25. The summed E-state index contributed by atoms with van der Waals surface area (Å²) in [6.07, 6.45) is 0. The van der Waals surface area contributed by atoms with Gasteiger partial charge in [-0.05, 0) is 19.9 Å². The number of morpholine rings is 1. The van der Waals surface area contributed by atoms with Crippen molar-refractivity contribution in [2.45, 2.75) is 25.9 Å². The van der Waals surface area contributed by atoms with E-state index in [1.807, 2.05) is 0 Å². The summed E-state index contributed by atoms with van der Waals surface area (Å²) in [5.74, 6) is -0.166. The molecule has 25 heavy (non-hydrogen) atoms. The van der Waals surface area contributed by atoms with Crippen molar-refractivity contribution < 1.29 is 14.5 Å². The van der Waals surface area contributed by atoms with Gasteiger partial charge in [-0.2, -0.15) is 0 Å². The summed E-state index contributed by atoms with van der Waals surface area (Å²) in [6.45, 7) is 7.71. The van der Waals surface area contributed by atoms with Crippen molar-refractivity contribution in [2.24, 2.45) is 0 Å². The van der Waals surface area contributed by atoms with E-state index in [9.17, 15) is 14.9 Å². The number of benzene rings is 1. The molecule has 1 aromatic carbocycles. The third-order valence-corrected chi connectivity index (χ3v) is 4.62. The van der Waals surface area contributed by atoms with Gasteiger partial charge in [0.25, 0.3) is 11.6 Å². The number of non-ortho nitro benzene ring substituents is 1. The number of carbonyl (C=O) groups excluding carboxylic acids is 1. The number of nitrogens with zero attached hydrogens (tertiary/aromatic N) is 3. The quantitative estimate of drug-likeness (QED) is 0.653. The highest BCUT2D eigenvalue weighted by Gasteiger charge is 2.28. The van der Waals surface area contributed by atoms with E-state index in [1.165, 1.54) is 12.1 Å². The maximum Gasteiger partial charge on any atom is 0.270 e. The monoisotopic (exact) mass is 348 g/mol. The van der Waals surface area contributed by atoms with Gasteiger partial charge in [-0.25, -0.2) is 0 Å². The molecule has 2 heterocycles. The molecule has 0 aromatic heterocycles. The van der Waals surface area contributed by atoms with Gasteiger partial charge in [-0.1, -0.05) is 0 Å². The lowest BCUT2D eigenvalue weighted by Gasteiger charge is -2.39. The molecule has 0 aliphatic carbocycles. The number of nitro benzene ring substituents is 1. The fourth-order valence-electron chi connectivity index (χ4n) is 3.54. The lowest BCUT2D eigenvalue weighted by molar-refractivity contribution is -0.384. The molecule has 0 saturated carbocycles. The van der Waals surface area contributed by atoms with Crippen LogP contribution in [0.4, 0.5) is 11.4 Å². The van der Waals surface area contributed by atoms with Crippen molar-refractivity contribution in [1.29, 1.82) is 0 Å². The third kappa shape index (κ3) is 3.91. The Labute approximate surface area is 146 Å². The normalized spacial score (nSPS) is 24.2. The molecular weight excluding hydrogens is 324 g/mol. The van der Waals surface area contributed by atoms with Crippen LogP contribution in [0, 0.1) is 10.1 Å². The summed E-state index contributed by atoms with van der Waals surface area (Å²) >= 11 is 0. The second-order valence-electron chi connectivity index (χ2n) is 6.74. The second kappa shape index (κ2) is 7.37. The number of hydrogen-bond acceptors (Lipinski definition) is 6. The Hall–Kier alpha value is -2.19. The number of rotatable bonds is 3. The first-order chi connectivity index (χ1) is 12.0. The minimum atomic E-state index is -0.455. The van der Waals surface area contributed by atoms with Crippen molar-refractivity contribution in [3.8, 4) is 0 Å². The zero-order valence-corrected chi connectivity index (χ0v) is 14.6. The summed E-state index contributed by atoms with van der Waals surface area (Å²) in [6, 6.07) is 5.15. The number of ether oxygens (including phenoxy) is 1. The molecule has 0 spiro atoms. The van der Waals surface area contributed by atoms with Crippen LogP contribution in [0.15, 0.2) is 18.2 Å². The number of nitrogens with one attached hydrogen (secondary N) is 1. The summed E-state index contributed by atoms with van der Waals surface area (Å²) in [4.78, 5) is 27.6. The Morgan fingerprint density at radius 3 is 2.48 bits per heavy atom. The highest BCUT2D eigenvalue weighted by atomic mass is 16.6. The van der Waals surface area contributed by atoms with Crippen molar-refractivity contribution in [3.63, 3.8) is 0 Å². The molecule has 2 aliphatic heterocycles. The lowest BCUT2D eigenvalue weighted by Crippen LogP contribution is -2.54. The van der Waals surface area contributed by atoms with Crippen LogP contribution in [-0.2, 0) is 4.74 Å². The molecule has 1 aromatic rings. The molecule has 1 amide bonds. The van der Waals surface area contributed by atoms with E-state index in [1.54, 1.807) is 11.0 Å². The second-order valence-corrected chi connectivity index (χ2v) is 6.74. The largest absolute Gasteiger partial charge is 0.378 e. The molecule has 8 heteroatoms. The Morgan fingerprint density at radius 1 is 1.24 bits per heavy atom. The average molecular weight is 348 g/mol. The summed E-state index contributed by atoms with van der Waals surface area (Å²) in [5.41, 5.74) is 1.11. The zero-order chi connectivity index (χ0) is 18.0. The van der Waals surface area contributed by atoms with Gasteiger partial charge in [-0.3, -0.25) is 14.9 Å². The van der Waals surface area contributed by atoms with E-state index < -0.39 is 4.92 Å². The molecule has 136 valence electrons. The van der Waals surface area contributed by atoms with Gasteiger partial charge in [0.1, 0.15) is 0 Å². The van der Waals surface area contributed by atoms with Crippen LogP contribution >= 0.6 is 0 Å². The van der Waals surface area contributed by atoms with E-state index in [0.29, 0.717) is 31.9 Å². The first-order valence-electron chi connectivity index (χ1n) is 8.62. The number of piperazine rings is 1. The fraction of sp³-hybridized carbons (Fsp3) is 0.588. The standard InChI is InChI=1S/C17H24N4O4/c1-12-10-20(11-13(2)18-12)16-4-3-14(21(23)24)9-15(16)17(22)19-5-7-25-8-6-19/h3-4,9,12-13,18H,5-8,10-11H2,1-2H3/t12-,13-/m1/s1. The maximum absolute atomic E-state index is 13.0. The third-order valence-electron chi connectivity index (χ3n) is 4.62. The van der Waals surface area contributed by atoms with Crippen LogP contribution in [0.3, 0.4) is 0 Å². The molecule has 0 bridgehead atoms. The van der Waals surface area contributed by atoms with Gasteiger partial charge < -0.3 is 19.9 Å². The summed E-state index contributed by atoms with van der Waals surface area (Å²) in [7, 11) is 0. The number of hydrogen-bond donors (Lipinski definition) is 1. The van der Waals surface area contributed by atoms with Crippen molar-refractivity contribution in [2.75, 3.05) is 44.3 Å². The molecular formula is C17H24N4O4. The van der Waals surface area contributed by atoms with Gasteiger partial charge >= 0.3 is 0 Å². The van der Waals surface area contributed by atoms with Crippen molar-refractivity contribution >= 4 is 17.3 Å². The van der Waals surface area contributed by atoms with Gasteiger partial charge in [-0.15, -0.1) is 0 Å². The van der Waals surface area contributed by atoms with Crippen molar-refractivity contribution in [3.05, 3.63) is 33.9 Å². The highest BCUT2D eigenvalue weighted by Crippen LogP contribution is 2.28. The topological polar surface area (TPSA) is 88.0 Å². The average Bonchev–Trinajstić information content (AvgIpc) is 2.60. The van der Waals surface area contributed by atoms with E-state index in [0.717, 1.165) is 18.8 Å². The fourth-order valence-corrected chi connectivity index (χ4v) is 3.54. The molecule has 3 rings (SSSR count). The number of nitro groups is 1. The van der Waals surface area contributed by atoms with Crippen LogP contribution in [0.5, 0.6) is 0 Å². The van der Waals surface area contributed by atoms with Crippen LogP contribution in [0.25, 0.3) is 0 Å². The van der Waals surface area contributed by atoms with E-state index in [4.69, 9.17) is 4.74 Å². The Balaban J connectivity index is 1.96. The SMILES string of the molecule is C[C@@H]1CN(c2ccc([N+](=O)[O-])cc2C(=O)N2CCOCC2)C[C@@H](C)N1. The number of anilines is 1. The molecule has 0 radical (unpaired) electrons. The summed E-state index contributed by atoms with van der Waals surface area (Å²) < 4.78 is 5.30. The molecule has 1 N–H and O–H groups in total. The first kappa shape index (κ1) is 17.6. The van der Waals surface area contributed by atoms with Gasteiger partial charge in [0, 0.05) is 50.4 Å². The van der Waals surface area contributed by atoms with Gasteiger partial charge in [0.05, 0.1) is 29.4 Å². The highest BCUT2D eigenvalue weighted by molar-refractivity contribution is 6.00. The van der Waals surface area contributed by atoms with Crippen LogP contribution in [0.2, 0.25) is 0 Å². The number of amides is 1. The molecule has 2 fully saturated rings. The predicted molar refractivity (Wildman–Crippen MR) is 94.1 cm³/mol. The first-order valence-corrected chi connectivity index (χ1v) is 8.62. The maximum atomic E-state index is 13.0. The Morgan fingerprint density at radius 2 is 1.88 bits per heavy atom. The molecule has 2 saturated heterocycles. The zero-order valence-electron chi connectivity index (χ0n) is 14.6. The number of carbonyl (C=O) groups is 1. The minimum Gasteiger partial charge on any atom is -0.378 e. The van der Waals surface area contributed by atoms with E-state index in [2.05, 4.69) is 24.1 Å². The smallest absolute Gasteiger partial charge is 0.270 e. The molecule has 2 atom stereocenters. The molecule has 8 nitrogen and oxygen atoms in total. The van der Waals surface area contributed by atoms with Crippen LogP contribution < -0.4 is 10.2 Å². The Kier molecular flexibility index (Phi) is 5.19. The Bertz CT molecular complexity index is 650. The van der Waals surface area contributed by atoms with Gasteiger partial charge in [0.15, 0.2) is 0 Å². The minimum absolute atomic E-state index is 0.0587. The summed E-state index contributed by atoms with van der Waals surface area (Å²) in [5, 5.41) is 14.6. The van der Waals surface area contributed by atoms with Crippen molar-refractivity contribution in [1.82, 2.24) is 10.2 Å². The van der Waals surface area contributed by atoms with Gasteiger partial charge in [0.2, 0.25) is 0 Å². The van der Waals surface area contributed by atoms with E-state index in [-0.39, 0.29) is 23.7 Å². The van der Waals surface area contributed by atoms with Crippen LogP contribution in [-0.4, -0.2) is 67.2 Å². The van der Waals surface area contributed by atoms with Crippen LogP contribution in [0.1, 0.15) is 24.2 Å².